The van der Waals surface area contributed by atoms with Gasteiger partial charge in [-0.05, 0) is 47.0 Å². The fourth-order valence-corrected chi connectivity index (χ4v) is 2.75. The van der Waals surface area contributed by atoms with Gasteiger partial charge in [-0.15, -0.1) is 0 Å². The highest BCUT2D eigenvalue weighted by Gasteiger charge is 2.13. The standard InChI is InChI=1S/C14H16BrClN2O/c1-4-11-14(15)12(18(3)17-11)8-19-13-7-10(16)6-5-9(13)2/h5-7H,4,8H2,1-3H3. The molecule has 0 spiro atoms. The first-order chi connectivity index (χ1) is 9.02. The first kappa shape index (κ1) is 14.4. The molecule has 3 nitrogen and oxygen atoms in total. The molecule has 0 N–H and O–H groups in total. The molecule has 0 fully saturated rings. The molecule has 1 aromatic heterocycles. The van der Waals surface area contributed by atoms with Crippen LogP contribution in [0.5, 0.6) is 5.75 Å². The Morgan fingerprint density at radius 3 is 2.79 bits per heavy atom. The van der Waals surface area contributed by atoms with Gasteiger partial charge < -0.3 is 4.74 Å². The van der Waals surface area contributed by atoms with Gasteiger partial charge >= 0.3 is 0 Å². The van der Waals surface area contributed by atoms with Crippen molar-refractivity contribution in [1.82, 2.24) is 9.78 Å². The largest absolute Gasteiger partial charge is 0.487 e. The lowest BCUT2D eigenvalue weighted by atomic mass is 10.2. The maximum atomic E-state index is 5.98. The monoisotopic (exact) mass is 342 g/mol. The van der Waals surface area contributed by atoms with Crippen LogP contribution in [0.15, 0.2) is 22.7 Å². The molecule has 0 unspecified atom stereocenters. The minimum absolute atomic E-state index is 0.464. The van der Waals surface area contributed by atoms with Gasteiger partial charge in [-0.2, -0.15) is 5.10 Å². The molecule has 0 radical (unpaired) electrons. The minimum atomic E-state index is 0.464. The van der Waals surface area contributed by atoms with E-state index in [0.717, 1.165) is 33.6 Å². The average Bonchev–Trinajstić information content (AvgIpc) is 2.66. The summed E-state index contributed by atoms with van der Waals surface area (Å²) < 4.78 is 8.72. The lowest BCUT2D eigenvalue weighted by molar-refractivity contribution is 0.292. The van der Waals surface area contributed by atoms with Crippen LogP contribution in [0.25, 0.3) is 0 Å². The number of aromatic nitrogens is 2. The van der Waals surface area contributed by atoms with Gasteiger partial charge in [0.05, 0.1) is 15.9 Å². The summed E-state index contributed by atoms with van der Waals surface area (Å²) in [5.74, 6) is 0.804. The molecule has 2 aromatic rings. The molecule has 102 valence electrons. The van der Waals surface area contributed by atoms with Crippen molar-refractivity contribution in [2.75, 3.05) is 0 Å². The van der Waals surface area contributed by atoms with Gasteiger partial charge in [0.15, 0.2) is 0 Å². The lowest BCUT2D eigenvalue weighted by Gasteiger charge is -2.10. The number of nitrogens with zero attached hydrogens (tertiary/aromatic N) is 2. The van der Waals surface area contributed by atoms with E-state index in [-0.39, 0.29) is 0 Å². The first-order valence-electron chi connectivity index (χ1n) is 6.12. The molecule has 1 aromatic carbocycles. The average molecular weight is 344 g/mol. The van der Waals surface area contributed by atoms with E-state index in [0.29, 0.717) is 11.6 Å². The van der Waals surface area contributed by atoms with Gasteiger partial charge in [0.25, 0.3) is 0 Å². The highest BCUT2D eigenvalue weighted by atomic mass is 79.9. The molecule has 0 aliphatic rings. The van der Waals surface area contributed by atoms with Crippen LogP contribution in [-0.2, 0) is 20.1 Å². The van der Waals surface area contributed by atoms with E-state index in [4.69, 9.17) is 16.3 Å². The highest BCUT2D eigenvalue weighted by molar-refractivity contribution is 9.10. The topological polar surface area (TPSA) is 27.1 Å². The van der Waals surface area contributed by atoms with Crippen LogP contribution in [-0.4, -0.2) is 9.78 Å². The Kier molecular flexibility index (Phi) is 4.53. The molecular formula is C14H16BrClN2O. The molecule has 0 bridgehead atoms. The van der Waals surface area contributed by atoms with Gasteiger partial charge in [-0.25, -0.2) is 0 Å². The van der Waals surface area contributed by atoms with E-state index in [1.54, 1.807) is 0 Å². The molecule has 19 heavy (non-hydrogen) atoms. The molecule has 2 rings (SSSR count). The van der Waals surface area contributed by atoms with Gasteiger partial charge in [0.2, 0.25) is 0 Å². The van der Waals surface area contributed by atoms with Crippen molar-refractivity contribution in [2.45, 2.75) is 26.9 Å². The van der Waals surface area contributed by atoms with Gasteiger partial charge in [-0.3, -0.25) is 4.68 Å². The van der Waals surface area contributed by atoms with E-state index >= 15 is 0 Å². The first-order valence-corrected chi connectivity index (χ1v) is 7.29. The molecular weight excluding hydrogens is 328 g/mol. The normalized spacial score (nSPS) is 10.8. The Morgan fingerprint density at radius 1 is 1.42 bits per heavy atom. The van der Waals surface area contributed by atoms with E-state index in [1.165, 1.54) is 0 Å². The number of ether oxygens (including phenoxy) is 1. The summed E-state index contributed by atoms with van der Waals surface area (Å²) in [5.41, 5.74) is 3.14. The van der Waals surface area contributed by atoms with Crippen LogP contribution in [0, 0.1) is 6.92 Å². The van der Waals surface area contributed by atoms with Crippen molar-refractivity contribution in [3.63, 3.8) is 0 Å². The third kappa shape index (κ3) is 3.12. The Bertz CT molecular complexity index is 595. The number of halogens is 2. The maximum Gasteiger partial charge on any atom is 0.131 e. The number of hydrogen-bond donors (Lipinski definition) is 0. The molecule has 0 aliphatic carbocycles. The predicted molar refractivity (Wildman–Crippen MR) is 80.8 cm³/mol. The van der Waals surface area contributed by atoms with Crippen molar-refractivity contribution in [1.29, 1.82) is 0 Å². The van der Waals surface area contributed by atoms with Crippen molar-refractivity contribution in [3.05, 3.63) is 44.6 Å². The molecule has 0 amide bonds. The molecule has 5 heteroatoms. The van der Waals surface area contributed by atoms with E-state index in [1.807, 2.05) is 36.9 Å². The van der Waals surface area contributed by atoms with Crippen molar-refractivity contribution in [3.8, 4) is 5.75 Å². The van der Waals surface area contributed by atoms with Crippen LogP contribution >= 0.6 is 27.5 Å². The summed E-state index contributed by atoms with van der Waals surface area (Å²) in [7, 11) is 1.92. The van der Waals surface area contributed by atoms with Crippen LogP contribution in [0.4, 0.5) is 0 Å². The highest BCUT2D eigenvalue weighted by Crippen LogP contribution is 2.26. The van der Waals surface area contributed by atoms with E-state index in [9.17, 15) is 0 Å². The smallest absolute Gasteiger partial charge is 0.131 e. The maximum absolute atomic E-state index is 5.98. The Balaban J connectivity index is 2.19. The summed E-state index contributed by atoms with van der Waals surface area (Å²) in [5, 5.41) is 5.12. The van der Waals surface area contributed by atoms with Crippen molar-refractivity contribution in [2.24, 2.45) is 7.05 Å². The van der Waals surface area contributed by atoms with E-state index in [2.05, 4.69) is 28.0 Å². The second kappa shape index (κ2) is 5.97. The molecule has 0 aliphatic heterocycles. The summed E-state index contributed by atoms with van der Waals surface area (Å²) >= 11 is 9.56. The minimum Gasteiger partial charge on any atom is -0.487 e. The SMILES string of the molecule is CCc1nn(C)c(COc2cc(Cl)ccc2C)c1Br. The van der Waals surface area contributed by atoms with Crippen LogP contribution in [0.3, 0.4) is 0 Å². The molecule has 1 heterocycles. The van der Waals surface area contributed by atoms with E-state index < -0.39 is 0 Å². The third-order valence-corrected chi connectivity index (χ3v) is 4.17. The number of aryl methyl sites for hydroxylation is 3. The zero-order valence-corrected chi connectivity index (χ0v) is 13.5. The molecule has 0 saturated carbocycles. The molecule has 0 atom stereocenters. The van der Waals surface area contributed by atoms with Crippen LogP contribution in [0.1, 0.15) is 23.9 Å². The van der Waals surface area contributed by atoms with Crippen molar-refractivity contribution < 1.29 is 4.74 Å². The third-order valence-electron chi connectivity index (χ3n) is 3.02. The number of benzene rings is 1. The second-order valence-corrected chi connectivity index (χ2v) is 5.61. The molecule has 0 saturated heterocycles. The summed E-state index contributed by atoms with van der Waals surface area (Å²) in [6.45, 7) is 4.55. The second-order valence-electron chi connectivity index (χ2n) is 4.38. The van der Waals surface area contributed by atoms with Crippen molar-refractivity contribution >= 4 is 27.5 Å². The predicted octanol–water partition coefficient (Wildman–Crippen LogP) is 4.29. The Labute approximate surface area is 126 Å². The number of rotatable bonds is 4. The summed E-state index contributed by atoms with van der Waals surface area (Å²) in [6.07, 6.45) is 0.893. The zero-order valence-electron chi connectivity index (χ0n) is 11.2. The number of hydrogen-bond acceptors (Lipinski definition) is 2. The Hall–Kier alpha value is -1.000. The summed E-state index contributed by atoms with van der Waals surface area (Å²) in [6, 6.07) is 5.65. The van der Waals surface area contributed by atoms with Gasteiger partial charge in [-0.1, -0.05) is 24.6 Å². The summed E-state index contributed by atoms with van der Waals surface area (Å²) in [4.78, 5) is 0. The van der Waals surface area contributed by atoms with Crippen LogP contribution < -0.4 is 4.74 Å². The Morgan fingerprint density at radius 2 is 2.16 bits per heavy atom. The lowest BCUT2D eigenvalue weighted by Crippen LogP contribution is -2.04. The van der Waals surface area contributed by atoms with Gasteiger partial charge in [0, 0.05) is 12.1 Å². The fraction of sp³-hybridized carbons (Fsp3) is 0.357. The van der Waals surface area contributed by atoms with Gasteiger partial charge in [0.1, 0.15) is 12.4 Å². The quantitative estimate of drug-likeness (QED) is 0.828. The van der Waals surface area contributed by atoms with Crippen LogP contribution in [0.2, 0.25) is 5.02 Å². The fourth-order valence-electron chi connectivity index (χ4n) is 1.85. The zero-order chi connectivity index (χ0) is 14.0.